The molecule has 0 unspecified atom stereocenters. The lowest BCUT2D eigenvalue weighted by Crippen LogP contribution is -2.39. The monoisotopic (exact) mass is 457 g/mol. The van der Waals surface area contributed by atoms with Crippen LogP contribution in [0.1, 0.15) is 73.8 Å². The van der Waals surface area contributed by atoms with Crippen molar-refractivity contribution in [2.45, 2.75) is 52.1 Å². The quantitative estimate of drug-likeness (QED) is 0.463. The fraction of sp³-hybridized carbons (Fsp3) is 0.357. The molecule has 5 rings (SSSR count). The van der Waals surface area contributed by atoms with Gasteiger partial charge in [-0.15, -0.1) is 0 Å². The second-order valence-electron chi connectivity index (χ2n) is 10.8. The highest BCUT2D eigenvalue weighted by Gasteiger charge is 2.39. The molecule has 6 nitrogen and oxygen atoms in total. The van der Waals surface area contributed by atoms with E-state index in [1.54, 1.807) is 4.90 Å². The minimum Gasteiger partial charge on any atom is -0.444 e. The van der Waals surface area contributed by atoms with Gasteiger partial charge in [0.1, 0.15) is 5.60 Å². The Hall–Kier alpha value is -3.54. The Bertz CT molecular complexity index is 1370. The van der Waals surface area contributed by atoms with Gasteiger partial charge in [0.15, 0.2) is 5.78 Å². The van der Waals surface area contributed by atoms with Crippen molar-refractivity contribution in [1.82, 2.24) is 9.88 Å². The average Bonchev–Trinajstić information content (AvgIpc) is 3.16. The van der Waals surface area contributed by atoms with Gasteiger partial charge in [0.25, 0.3) is 0 Å². The third kappa shape index (κ3) is 3.58. The summed E-state index contributed by atoms with van der Waals surface area (Å²) in [5.74, 6) is 0.0361. The fourth-order valence-corrected chi connectivity index (χ4v) is 5.09. The summed E-state index contributed by atoms with van der Waals surface area (Å²) in [4.78, 5) is 31.3. The number of H-pyrrole nitrogens is 1. The largest absolute Gasteiger partial charge is 0.444 e. The van der Waals surface area contributed by atoms with Crippen molar-refractivity contribution >= 4 is 34.0 Å². The number of benzene rings is 2. The number of carbonyl (C=O) groups is 2. The van der Waals surface area contributed by atoms with Crippen LogP contribution in [-0.2, 0) is 10.2 Å². The lowest BCUT2D eigenvalue weighted by atomic mass is 9.70. The molecular weight excluding hydrogens is 426 g/mol. The van der Waals surface area contributed by atoms with E-state index < -0.39 is 5.60 Å². The van der Waals surface area contributed by atoms with Crippen molar-refractivity contribution < 1.29 is 14.3 Å². The molecule has 1 aliphatic heterocycles. The third-order valence-corrected chi connectivity index (χ3v) is 6.84. The molecule has 1 amide bonds. The number of anilines is 1. The van der Waals surface area contributed by atoms with Gasteiger partial charge in [-0.2, -0.15) is 0 Å². The first-order valence-electron chi connectivity index (χ1n) is 11.7. The molecule has 0 fully saturated rings. The zero-order chi connectivity index (χ0) is 24.4. The molecule has 2 heterocycles. The molecule has 0 radical (unpaired) electrons. The number of fused-ring (bicyclic) bond motifs is 4. The van der Waals surface area contributed by atoms with E-state index in [4.69, 9.17) is 10.5 Å². The average molecular weight is 458 g/mol. The summed E-state index contributed by atoms with van der Waals surface area (Å²) in [6, 6.07) is 11.8. The van der Waals surface area contributed by atoms with Gasteiger partial charge in [-0.3, -0.25) is 4.79 Å². The standard InChI is InChI=1S/C28H31N3O3/c1-27(2,3)34-26(33)31-12-10-16(11-13-31)17-6-9-21-20(14-17)24(32)23-19-8-7-18(29)15-22(19)30-25(23)28(21,4)5/h6-10,14-15,30H,11-13,29H2,1-5H3. The van der Waals surface area contributed by atoms with Gasteiger partial charge in [-0.1, -0.05) is 38.1 Å². The molecule has 1 aliphatic carbocycles. The second-order valence-corrected chi connectivity index (χ2v) is 10.8. The van der Waals surface area contributed by atoms with Crippen LogP contribution >= 0.6 is 0 Å². The van der Waals surface area contributed by atoms with Crippen molar-refractivity contribution in [2.24, 2.45) is 0 Å². The summed E-state index contributed by atoms with van der Waals surface area (Å²) in [5, 5.41) is 0.906. The van der Waals surface area contributed by atoms with Crippen molar-refractivity contribution in [1.29, 1.82) is 0 Å². The summed E-state index contributed by atoms with van der Waals surface area (Å²) >= 11 is 0. The van der Waals surface area contributed by atoms with Crippen LogP contribution in [0.2, 0.25) is 0 Å². The molecule has 176 valence electrons. The van der Waals surface area contributed by atoms with E-state index >= 15 is 0 Å². The Kier molecular flexibility index (Phi) is 4.90. The van der Waals surface area contributed by atoms with Crippen molar-refractivity contribution in [2.75, 3.05) is 18.8 Å². The van der Waals surface area contributed by atoms with Gasteiger partial charge in [0, 0.05) is 46.4 Å². The maximum Gasteiger partial charge on any atom is 0.410 e. The zero-order valence-corrected chi connectivity index (χ0v) is 20.4. The van der Waals surface area contributed by atoms with Crippen LogP contribution in [-0.4, -0.2) is 40.5 Å². The summed E-state index contributed by atoms with van der Waals surface area (Å²) < 4.78 is 5.50. The first-order chi connectivity index (χ1) is 16.0. The van der Waals surface area contributed by atoms with Gasteiger partial charge in [-0.05, 0) is 62.1 Å². The number of amides is 1. The summed E-state index contributed by atoms with van der Waals surface area (Å²) in [5.41, 5.74) is 12.3. The highest BCUT2D eigenvalue weighted by atomic mass is 16.6. The third-order valence-electron chi connectivity index (χ3n) is 6.84. The Morgan fingerprint density at radius 3 is 2.59 bits per heavy atom. The first kappa shape index (κ1) is 22.3. The maximum atomic E-state index is 13.7. The number of aromatic nitrogens is 1. The zero-order valence-electron chi connectivity index (χ0n) is 20.4. The predicted molar refractivity (Wildman–Crippen MR) is 135 cm³/mol. The molecule has 34 heavy (non-hydrogen) atoms. The van der Waals surface area contributed by atoms with Gasteiger partial charge >= 0.3 is 6.09 Å². The number of carbonyl (C=O) groups excluding carboxylic acids is 2. The molecule has 1 aromatic heterocycles. The van der Waals surface area contributed by atoms with Crippen LogP contribution in [0.3, 0.4) is 0 Å². The Morgan fingerprint density at radius 2 is 1.91 bits per heavy atom. The molecule has 0 saturated heterocycles. The highest BCUT2D eigenvalue weighted by molar-refractivity contribution is 6.20. The van der Waals surface area contributed by atoms with Crippen molar-refractivity contribution in [3.05, 3.63) is 70.4 Å². The Balaban J connectivity index is 1.49. The fourth-order valence-electron chi connectivity index (χ4n) is 5.09. The van der Waals surface area contributed by atoms with E-state index in [2.05, 4.69) is 37.0 Å². The number of aromatic amines is 1. The number of hydrogen-bond acceptors (Lipinski definition) is 4. The summed E-state index contributed by atoms with van der Waals surface area (Å²) in [6.45, 7) is 11.0. The molecule has 3 aromatic rings. The van der Waals surface area contributed by atoms with E-state index in [0.29, 0.717) is 25.2 Å². The maximum absolute atomic E-state index is 13.7. The summed E-state index contributed by atoms with van der Waals surface area (Å²) in [7, 11) is 0. The molecule has 0 atom stereocenters. The first-order valence-corrected chi connectivity index (χ1v) is 11.7. The molecule has 2 aromatic carbocycles. The smallest absolute Gasteiger partial charge is 0.410 e. The van der Waals surface area contributed by atoms with Crippen LogP contribution in [0.25, 0.3) is 16.5 Å². The van der Waals surface area contributed by atoms with Gasteiger partial charge in [0.05, 0.1) is 5.56 Å². The molecule has 3 N–H and O–H groups in total. The van der Waals surface area contributed by atoms with Crippen molar-refractivity contribution in [3.8, 4) is 0 Å². The summed E-state index contributed by atoms with van der Waals surface area (Å²) in [6.07, 6.45) is 2.48. The van der Waals surface area contributed by atoms with Gasteiger partial charge < -0.3 is 20.4 Å². The van der Waals surface area contributed by atoms with Crippen LogP contribution < -0.4 is 5.73 Å². The topological polar surface area (TPSA) is 88.4 Å². The molecular formula is C28H31N3O3. The normalized spacial score (nSPS) is 17.3. The minimum atomic E-state index is -0.514. The number of nitrogen functional groups attached to an aromatic ring is 1. The van der Waals surface area contributed by atoms with Crippen molar-refractivity contribution in [3.63, 3.8) is 0 Å². The molecule has 0 spiro atoms. The lowest BCUT2D eigenvalue weighted by Gasteiger charge is -2.33. The Labute approximate surface area is 199 Å². The molecule has 2 aliphatic rings. The van der Waals surface area contributed by atoms with Crippen LogP contribution in [0, 0.1) is 0 Å². The number of nitrogens with zero attached hydrogens (tertiary/aromatic N) is 1. The van der Waals surface area contributed by atoms with Gasteiger partial charge in [0.2, 0.25) is 0 Å². The number of nitrogens with one attached hydrogen (secondary N) is 1. The van der Waals surface area contributed by atoms with E-state index in [-0.39, 0.29) is 17.3 Å². The lowest BCUT2D eigenvalue weighted by molar-refractivity contribution is 0.0270. The second kappa shape index (κ2) is 7.49. The molecule has 0 saturated carbocycles. The van der Waals surface area contributed by atoms with E-state index in [1.165, 1.54) is 0 Å². The number of hydrogen-bond donors (Lipinski definition) is 2. The number of ketones is 1. The van der Waals surface area contributed by atoms with Gasteiger partial charge in [-0.25, -0.2) is 4.79 Å². The van der Waals surface area contributed by atoms with E-state index in [1.807, 2.05) is 45.0 Å². The number of ether oxygens (including phenoxy) is 1. The number of rotatable bonds is 1. The van der Waals surface area contributed by atoms with Crippen LogP contribution in [0.15, 0.2) is 42.5 Å². The molecule has 6 heteroatoms. The minimum absolute atomic E-state index is 0.0361. The highest BCUT2D eigenvalue weighted by Crippen LogP contribution is 2.44. The Morgan fingerprint density at radius 1 is 1.15 bits per heavy atom. The van der Waals surface area contributed by atoms with E-state index in [9.17, 15) is 9.59 Å². The van der Waals surface area contributed by atoms with E-state index in [0.717, 1.165) is 44.4 Å². The van der Waals surface area contributed by atoms with Crippen LogP contribution in [0.5, 0.6) is 0 Å². The molecule has 0 bridgehead atoms. The predicted octanol–water partition coefficient (Wildman–Crippen LogP) is 5.64. The van der Waals surface area contributed by atoms with Crippen LogP contribution in [0.4, 0.5) is 10.5 Å². The SMILES string of the molecule is CC(C)(C)OC(=O)N1CC=C(c2ccc3c(c2)C(=O)c2c([nH]c4cc(N)ccc24)C3(C)C)CC1. The number of nitrogens with two attached hydrogens (primary N) is 1.